The molecule has 3 N–H and O–H groups in total. The van der Waals surface area contributed by atoms with E-state index in [1.165, 1.54) is 135 Å². The number of rotatable bonds is 66. The normalized spacial score (nSPS) is 15.2. The molecule has 0 saturated heterocycles. The lowest BCUT2D eigenvalue weighted by atomic mass is 9.99. The van der Waals surface area contributed by atoms with Crippen molar-refractivity contribution >= 4 is 39.5 Å². The monoisotopic (exact) mass is 1300 g/mol. The van der Waals surface area contributed by atoms with Crippen LogP contribution in [0.3, 0.4) is 0 Å². The highest BCUT2D eigenvalue weighted by Crippen LogP contribution is 2.45. The Kier molecular flexibility index (Phi) is 57.6. The first-order valence-electron chi connectivity index (χ1n) is 35.8. The third-order valence-corrected chi connectivity index (χ3v) is 18.8. The molecule has 0 rings (SSSR count). The zero-order valence-corrected chi connectivity index (χ0v) is 59.1. The molecular weight excluding hydrogens is 1160 g/mol. The van der Waals surface area contributed by atoms with Crippen molar-refractivity contribution in [1.29, 1.82) is 0 Å². The Labute approximate surface area is 537 Å². The van der Waals surface area contributed by atoms with Gasteiger partial charge in [-0.25, -0.2) is 9.13 Å². The Morgan fingerprint density at radius 3 is 0.807 bits per heavy atom. The maximum atomic E-state index is 13.0. The first kappa shape index (κ1) is 86.1. The number of hydrogen-bond donors (Lipinski definition) is 3. The van der Waals surface area contributed by atoms with Crippen LogP contribution in [0.2, 0.25) is 0 Å². The van der Waals surface area contributed by atoms with Gasteiger partial charge in [-0.15, -0.1) is 0 Å². The Morgan fingerprint density at radius 1 is 0.318 bits per heavy atom. The molecule has 0 amide bonds. The van der Waals surface area contributed by atoms with Crippen molar-refractivity contribution in [1.82, 2.24) is 0 Å². The number of phosphoric acid groups is 2. The predicted molar refractivity (Wildman–Crippen MR) is 354 cm³/mol. The van der Waals surface area contributed by atoms with Crippen LogP contribution in [0, 0.1) is 23.7 Å². The first-order chi connectivity index (χ1) is 42.2. The highest BCUT2D eigenvalue weighted by atomic mass is 31.2. The van der Waals surface area contributed by atoms with Gasteiger partial charge in [-0.05, 0) is 49.4 Å². The van der Waals surface area contributed by atoms with Crippen molar-refractivity contribution in [3.63, 3.8) is 0 Å². The molecule has 0 heterocycles. The van der Waals surface area contributed by atoms with Gasteiger partial charge < -0.3 is 33.8 Å². The van der Waals surface area contributed by atoms with Gasteiger partial charge in [0.2, 0.25) is 0 Å². The summed E-state index contributed by atoms with van der Waals surface area (Å²) in [5.41, 5.74) is 0. The molecule has 0 aromatic carbocycles. The molecule has 0 fully saturated rings. The third-order valence-electron chi connectivity index (χ3n) is 16.9. The van der Waals surface area contributed by atoms with Gasteiger partial charge in [-0.2, -0.15) is 0 Å². The minimum absolute atomic E-state index is 0.103. The fraction of sp³-hybridized carbons (Fsp3) is 0.942. The molecule has 0 radical (unpaired) electrons. The standard InChI is InChI=1S/C69H134O17P2/c1-9-60(6)46-38-30-22-17-19-25-35-43-51-68(73)85-64(55-79-66(71)49-41-33-24-16-14-12-13-15-21-29-37-45-59(4)5)57-83-87(75,76)81-53-63(70)54-82-88(77,78)84-58-65(56-80-67(72)50-42-34-28-27-32-40-48-62(8)11-3)86-69(74)52-44-36-26-20-18-23-31-39-47-61(7)10-2/h59-65,70H,9-58H2,1-8H3,(H,75,76)(H,77,78)/t60?,61?,62?,63-,64-,65-/m1/s1. The molecule has 0 aliphatic rings. The van der Waals surface area contributed by atoms with E-state index in [0.717, 1.165) is 120 Å². The molecular formula is C69H134O17P2. The van der Waals surface area contributed by atoms with Crippen molar-refractivity contribution in [2.45, 2.75) is 356 Å². The van der Waals surface area contributed by atoms with Crippen molar-refractivity contribution in [3.8, 4) is 0 Å². The van der Waals surface area contributed by atoms with E-state index in [1.54, 1.807) is 0 Å². The van der Waals surface area contributed by atoms with Gasteiger partial charge in [-0.1, -0.05) is 287 Å². The number of ether oxygens (including phenoxy) is 4. The summed E-state index contributed by atoms with van der Waals surface area (Å²) in [5.74, 6) is 0.907. The number of unbranched alkanes of at least 4 members (excludes halogenated alkanes) is 29. The van der Waals surface area contributed by atoms with Crippen LogP contribution in [0.15, 0.2) is 0 Å². The third kappa shape index (κ3) is 59.1. The van der Waals surface area contributed by atoms with E-state index in [1.807, 2.05) is 0 Å². The number of phosphoric ester groups is 2. The number of hydrogen-bond acceptors (Lipinski definition) is 15. The number of aliphatic hydroxyl groups excluding tert-OH is 1. The summed E-state index contributed by atoms with van der Waals surface area (Å²) < 4.78 is 68.2. The summed E-state index contributed by atoms with van der Waals surface area (Å²) in [4.78, 5) is 72.5. The highest BCUT2D eigenvalue weighted by Gasteiger charge is 2.30. The quantitative estimate of drug-likeness (QED) is 0.0222. The Balaban J connectivity index is 5.27. The van der Waals surface area contributed by atoms with Crippen LogP contribution in [0.25, 0.3) is 0 Å². The molecule has 8 atom stereocenters. The van der Waals surface area contributed by atoms with Gasteiger partial charge in [0.25, 0.3) is 0 Å². The Bertz CT molecular complexity index is 1750. The summed E-state index contributed by atoms with van der Waals surface area (Å²) in [5, 5.41) is 10.6. The molecule has 17 nitrogen and oxygen atoms in total. The molecule has 88 heavy (non-hydrogen) atoms. The predicted octanol–water partition coefficient (Wildman–Crippen LogP) is 19.3. The summed E-state index contributed by atoms with van der Waals surface area (Å²) in [6, 6.07) is 0. The zero-order valence-electron chi connectivity index (χ0n) is 57.3. The van der Waals surface area contributed by atoms with E-state index < -0.39 is 97.5 Å². The number of aliphatic hydroxyl groups is 1. The van der Waals surface area contributed by atoms with E-state index in [0.29, 0.717) is 25.7 Å². The van der Waals surface area contributed by atoms with Gasteiger partial charge in [0.15, 0.2) is 12.2 Å². The average molecular weight is 1300 g/mol. The van der Waals surface area contributed by atoms with Crippen molar-refractivity contribution < 1.29 is 80.2 Å². The van der Waals surface area contributed by atoms with Gasteiger partial charge in [0.05, 0.1) is 26.4 Å². The van der Waals surface area contributed by atoms with Crippen LogP contribution in [0.4, 0.5) is 0 Å². The van der Waals surface area contributed by atoms with Gasteiger partial charge in [-0.3, -0.25) is 37.3 Å². The average Bonchev–Trinajstić information content (AvgIpc) is 3.53. The maximum absolute atomic E-state index is 13.0. The summed E-state index contributed by atoms with van der Waals surface area (Å²) in [7, 11) is -9.90. The molecule has 0 aliphatic carbocycles. The highest BCUT2D eigenvalue weighted by molar-refractivity contribution is 7.47. The molecule has 0 aromatic heterocycles. The SMILES string of the molecule is CCC(C)CCCCCCCCCCC(=O)O[C@H](COC(=O)CCCCCCCCCCCCCC(C)C)COP(=O)(O)OC[C@@H](O)COP(=O)(O)OC[C@@H](COC(=O)CCCCCCCCC(C)CC)OC(=O)CCCCCCCCCCC(C)CC. The number of esters is 4. The first-order valence-corrected chi connectivity index (χ1v) is 38.8. The second kappa shape index (κ2) is 58.8. The van der Waals surface area contributed by atoms with E-state index in [2.05, 4.69) is 55.4 Å². The maximum Gasteiger partial charge on any atom is 0.472 e. The van der Waals surface area contributed by atoms with Crippen molar-refractivity contribution in [3.05, 3.63) is 0 Å². The van der Waals surface area contributed by atoms with Gasteiger partial charge in [0, 0.05) is 25.7 Å². The summed E-state index contributed by atoms with van der Waals surface area (Å²) >= 11 is 0. The minimum atomic E-state index is -4.95. The second-order valence-electron chi connectivity index (χ2n) is 26.1. The van der Waals surface area contributed by atoms with Crippen LogP contribution >= 0.6 is 15.6 Å². The second-order valence-corrected chi connectivity index (χ2v) is 29.0. The fourth-order valence-corrected chi connectivity index (χ4v) is 11.8. The molecule has 5 unspecified atom stereocenters. The summed E-state index contributed by atoms with van der Waals surface area (Å²) in [6.45, 7) is 14.1. The van der Waals surface area contributed by atoms with E-state index >= 15 is 0 Å². The minimum Gasteiger partial charge on any atom is -0.462 e. The number of carbonyl (C=O) groups excluding carboxylic acids is 4. The lowest BCUT2D eigenvalue weighted by molar-refractivity contribution is -0.161. The molecule has 19 heteroatoms. The van der Waals surface area contributed by atoms with Crippen molar-refractivity contribution in [2.24, 2.45) is 23.7 Å². The number of carbonyl (C=O) groups is 4. The van der Waals surface area contributed by atoms with Crippen LogP contribution in [-0.2, 0) is 65.4 Å². The fourth-order valence-electron chi connectivity index (χ4n) is 10.2. The lowest BCUT2D eigenvalue weighted by Crippen LogP contribution is -2.30. The van der Waals surface area contributed by atoms with Gasteiger partial charge >= 0.3 is 39.5 Å². The molecule has 522 valence electrons. The smallest absolute Gasteiger partial charge is 0.462 e. The van der Waals surface area contributed by atoms with Crippen LogP contribution in [0.1, 0.15) is 338 Å². The Morgan fingerprint density at radius 2 is 0.545 bits per heavy atom. The van der Waals surface area contributed by atoms with Gasteiger partial charge in [0.1, 0.15) is 19.3 Å². The molecule has 0 bridgehead atoms. The van der Waals surface area contributed by atoms with E-state index in [9.17, 15) is 43.2 Å². The van der Waals surface area contributed by atoms with E-state index in [4.69, 9.17) is 37.0 Å². The van der Waals surface area contributed by atoms with Crippen LogP contribution < -0.4 is 0 Å². The largest absolute Gasteiger partial charge is 0.472 e. The molecule has 0 aromatic rings. The molecule has 0 aliphatic heterocycles. The lowest BCUT2D eigenvalue weighted by Gasteiger charge is -2.21. The molecule has 0 spiro atoms. The summed E-state index contributed by atoms with van der Waals surface area (Å²) in [6.07, 6.45) is 40.2. The Hall–Kier alpha value is -1.94. The molecule has 0 saturated carbocycles. The topological polar surface area (TPSA) is 237 Å². The van der Waals surface area contributed by atoms with E-state index in [-0.39, 0.29) is 25.7 Å². The zero-order chi connectivity index (χ0) is 65.4. The van der Waals surface area contributed by atoms with Crippen LogP contribution in [0.5, 0.6) is 0 Å². The van der Waals surface area contributed by atoms with Crippen molar-refractivity contribution in [2.75, 3.05) is 39.6 Å². The van der Waals surface area contributed by atoms with Crippen LogP contribution in [-0.4, -0.2) is 96.7 Å².